The second-order valence-corrected chi connectivity index (χ2v) is 3.44. The number of rotatable bonds is 5. The smallest absolute Gasteiger partial charge is 0.327 e. The second kappa shape index (κ2) is 6.72. The molecule has 0 amide bonds. The van der Waals surface area contributed by atoms with E-state index in [0.29, 0.717) is 0 Å². The molecule has 1 rings (SSSR count). The van der Waals surface area contributed by atoms with Crippen molar-refractivity contribution in [2.45, 2.75) is 13.0 Å². The van der Waals surface area contributed by atoms with Crippen LogP contribution in [0.2, 0.25) is 0 Å². The first-order chi connectivity index (χ1) is 8.60. The number of ether oxygens (including phenoxy) is 1. The minimum atomic E-state index is -1.11. The van der Waals surface area contributed by atoms with E-state index in [4.69, 9.17) is 11.2 Å². The van der Waals surface area contributed by atoms with Gasteiger partial charge in [-0.25, -0.2) is 13.6 Å². The lowest BCUT2D eigenvalue weighted by Crippen LogP contribution is -2.31. The maximum atomic E-state index is 13.6. The van der Waals surface area contributed by atoms with E-state index in [2.05, 4.69) is 11.2 Å². The highest BCUT2D eigenvalue weighted by Gasteiger charge is 2.24. The first kappa shape index (κ1) is 14.1. The molecule has 1 unspecified atom stereocenters. The molecule has 0 saturated carbocycles. The Bertz CT molecular complexity index is 469. The van der Waals surface area contributed by atoms with Crippen LogP contribution in [0.4, 0.5) is 8.78 Å². The van der Waals surface area contributed by atoms with Crippen molar-refractivity contribution in [2.75, 3.05) is 13.2 Å². The highest BCUT2D eigenvalue weighted by molar-refractivity contribution is 5.77. The van der Waals surface area contributed by atoms with Crippen molar-refractivity contribution >= 4 is 5.97 Å². The van der Waals surface area contributed by atoms with Crippen LogP contribution < -0.4 is 5.32 Å². The van der Waals surface area contributed by atoms with E-state index >= 15 is 0 Å². The highest BCUT2D eigenvalue weighted by Crippen LogP contribution is 2.19. The number of carbonyl (C=O) groups is 1. The molecule has 0 saturated heterocycles. The number of hydrogen-bond donors (Lipinski definition) is 1. The summed E-state index contributed by atoms with van der Waals surface area (Å²) < 4.78 is 31.5. The van der Waals surface area contributed by atoms with Gasteiger partial charge in [0.25, 0.3) is 0 Å². The summed E-state index contributed by atoms with van der Waals surface area (Å²) in [5.74, 6) is 0.236. The highest BCUT2D eigenvalue weighted by atomic mass is 19.1. The summed E-state index contributed by atoms with van der Waals surface area (Å²) in [5.41, 5.74) is -0.122. The molecule has 1 aromatic rings. The monoisotopic (exact) mass is 253 g/mol. The van der Waals surface area contributed by atoms with Crippen molar-refractivity contribution in [3.63, 3.8) is 0 Å². The number of carbonyl (C=O) groups excluding carboxylic acids is 1. The number of hydrogen-bond acceptors (Lipinski definition) is 3. The van der Waals surface area contributed by atoms with Crippen molar-refractivity contribution in [3.05, 3.63) is 35.4 Å². The Morgan fingerprint density at radius 3 is 2.89 bits per heavy atom. The fourth-order valence-electron chi connectivity index (χ4n) is 1.44. The lowest BCUT2D eigenvalue weighted by Gasteiger charge is -2.17. The quantitative estimate of drug-likeness (QED) is 0.642. The van der Waals surface area contributed by atoms with Gasteiger partial charge in [0.1, 0.15) is 17.7 Å². The molecular formula is C13H13F2NO2. The number of esters is 1. The Kier molecular flexibility index (Phi) is 5.28. The fraction of sp³-hybridized carbons (Fsp3) is 0.308. The molecule has 0 aliphatic carbocycles. The maximum absolute atomic E-state index is 13.6. The van der Waals surface area contributed by atoms with Gasteiger partial charge in [0.2, 0.25) is 0 Å². The first-order valence-electron chi connectivity index (χ1n) is 5.38. The normalized spacial score (nSPS) is 11.7. The SMILES string of the molecule is C#CCNC(C(=O)OCC)c1cc(F)ccc1F. The number of terminal acetylenes is 1. The summed E-state index contributed by atoms with van der Waals surface area (Å²) in [6.07, 6.45) is 5.06. The number of halogens is 2. The van der Waals surface area contributed by atoms with E-state index < -0.39 is 23.6 Å². The molecule has 96 valence electrons. The molecule has 18 heavy (non-hydrogen) atoms. The van der Waals surface area contributed by atoms with Crippen LogP contribution in [0.3, 0.4) is 0 Å². The zero-order valence-corrected chi connectivity index (χ0v) is 9.87. The van der Waals surface area contributed by atoms with Gasteiger partial charge >= 0.3 is 5.97 Å². The van der Waals surface area contributed by atoms with Crippen molar-refractivity contribution in [2.24, 2.45) is 0 Å². The van der Waals surface area contributed by atoms with E-state index in [1.807, 2.05) is 0 Å². The van der Waals surface area contributed by atoms with Gasteiger partial charge in [-0.05, 0) is 25.1 Å². The summed E-state index contributed by atoms with van der Waals surface area (Å²) in [6, 6.07) is 1.76. The van der Waals surface area contributed by atoms with Gasteiger partial charge in [-0.3, -0.25) is 5.32 Å². The molecular weight excluding hydrogens is 240 g/mol. The topological polar surface area (TPSA) is 38.3 Å². The Labute approximate surface area is 104 Å². The van der Waals surface area contributed by atoms with E-state index in [1.165, 1.54) is 0 Å². The summed E-state index contributed by atoms with van der Waals surface area (Å²) in [7, 11) is 0. The fourth-order valence-corrected chi connectivity index (χ4v) is 1.44. The predicted molar refractivity (Wildman–Crippen MR) is 62.6 cm³/mol. The molecule has 3 nitrogen and oxygen atoms in total. The molecule has 0 radical (unpaired) electrons. The third-order valence-corrected chi connectivity index (χ3v) is 2.20. The predicted octanol–water partition coefficient (Wildman–Crippen LogP) is 1.79. The van der Waals surface area contributed by atoms with Crippen molar-refractivity contribution in [1.29, 1.82) is 0 Å². The minimum absolute atomic E-state index is 0.0411. The molecule has 0 aromatic heterocycles. The Morgan fingerprint density at radius 2 is 2.28 bits per heavy atom. The van der Waals surface area contributed by atoms with E-state index in [0.717, 1.165) is 18.2 Å². The summed E-state index contributed by atoms with van der Waals surface area (Å²) in [6.45, 7) is 1.81. The van der Waals surface area contributed by atoms with Gasteiger partial charge in [-0.2, -0.15) is 0 Å². The van der Waals surface area contributed by atoms with Gasteiger partial charge in [-0.15, -0.1) is 6.42 Å². The lowest BCUT2D eigenvalue weighted by molar-refractivity contribution is -0.145. The lowest BCUT2D eigenvalue weighted by atomic mass is 10.1. The molecule has 0 spiro atoms. The molecule has 0 bridgehead atoms. The zero-order valence-electron chi connectivity index (χ0n) is 9.87. The molecule has 1 aromatic carbocycles. The van der Waals surface area contributed by atoms with E-state index in [9.17, 15) is 13.6 Å². The zero-order chi connectivity index (χ0) is 13.5. The minimum Gasteiger partial charge on any atom is -0.465 e. The largest absolute Gasteiger partial charge is 0.465 e. The standard InChI is InChI=1S/C13H13F2NO2/c1-3-7-16-12(13(17)18-4-2)10-8-9(14)5-6-11(10)15/h1,5-6,8,12,16H,4,7H2,2H3. The van der Waals surface area contributed by atoms with Crippen LogP contribution in [0.1, 0.15) is 18.5 Å². The van der Waals surface area contributed by atoms with Crippen molar-refractivity contribution in [1.82, 2.24) is 5.32 Å². The van der Waals surface area contributed by atoms with Crippen LogP contribution in [0.25, 0.3) is 0 Å². The molecule has 1 N–H and O–H groups in total. The summed E-state index contributed by atoms with van der Waals surface area (Å²) in [4.78, 5) is 11.7. The van der Waals surface area contributed by atoms with Crippen LogP contribution in [0.15, 0.2) is 18.2 Å². The van der Waals surface area contributed by atoms with Crippen LogP contribution in [-0.4, -0.2) is 19.1 Å². The molecule has 0 aliphatic rings. The number of benzene rings is 1. The molecule has 0 heterocycles. The van der Waals surface area contributed by atoms with Crippen molar-refractivity contribution in [3.8, 4) is 12.3 Å². The summed E-state index contributed by atoms with van der Waals surface area (Å²) >= 11 is 0. The maximum Gasteiger partial charge on any atom is 0.327 e. The first-order valence-corrected chi connectivity index (χ1v) is 5.38. The third kappa shape index (κ3) is 3.54. The van der Waals surface area contributed by atoms with Crippen LogP contribution in [0.5, 0.6) is 0 Å². The average Bonchev–Trinajstić information content (AvgIpc) is 2.34. The Hall–Kier alpha value is -1.93. The third-order valence-electron chi connectivity index (χ3n) is 2.20. The van der Waals surface area contributed by atoms with Gasteiger partial charge < -0.3 is 4.74 Å². The average molecular weight is 253 g/mol. The molecule has 0 fully saturated rings. The van der Waals surface area contributed by atoms with Crippen LogP contribution in [-0.2, 0) is 9.53 Å². The number of nitrogens with one attached hydrogen (secondary N) is 1. The molecule has 5 heteroatoms. The van der Waals surface area contributed by atoms with Crippen LogP contribution in [0, 0.1) is 24.0 Å². The van der Waals surface area contributed by atoms with Gasteiger partial charge in [-0.1, -0.05) is 5.92 Å². The van der Waals surface area contributed by atoms with Gasteiger partial charge in [0.15, 0.2) is 0 Å². The van der Waals surface area contributed by atoms with Gasteiger partial charge in [0.05, 0.1) is 13.2 Å². The second-order valence-electron chi connectivity index (χ2n) is 3.44. The van der Waals surface area contributed by atoms with E-state index in [1.54, 1.807) is 6.92 Å². The Balaban J connectivity index is 3.04. The molecule has 0 aliphatic heterocycles. The van der Waals surface area contributed by atoms with Crippen molar-refractivity contribution < 1.29 is 18.3 Å². The van der Waals surface area contributed by atoms with Gasteiger partial charge in [0, 0.05) is 5.56 Å². The Morgan fingerprint density at radius 1 is 1.56 bits per heavy atom. The van der Waals surface area contributed by atoms with Crippen LogP contribution >= 0.6 is 0 Å². The van der Waals surface area contributed by atoms with E-state index in [-0.39, 0.29) is 18.7 Å². The molecule has 1 atom stereocenters. The summed E-state index contributed by atoms with van der Waals surface area (Å²) in [5, 5.41) is 2.62.